The van der Waals surface area contributed by atoms with Crippen molar-refractivity contribution in [1.82, 2.24) is 20.5 Å². The van der Waals surface area contributed by atoms with Gasteiger partial charge in [0.05, 0.1) is 11.7 Å². The van der Waals surface area contributed by atoms with E-state index >= 15 is 0 Å². The largest absolute Gasteiger partial charge is 0.379 e. The second kappa shape index (κ2) is 9.36. The van der Waals surface area contributed by atoms with Crippen molar-refractivity contribution in [2.24, 2.45) is 0 Å². The van der Waals surface area contributed by atoms with Gasteiger partial charge in [0, 0.05) is 44.2 Å². The number of urea groups is 1. The average Bonchev–Trinajstić information content (AvgIpc) is 3.02. The molecule has 1 aromatic rings. The lowest BCUT2D eigenvalue weighted by molar-refractivity contribution is 0.0771. The fraction of sp³-hybridized carbons (Fsp3) is 0.611. The second-order valence-corrected chi connectivity index (χ2v) is 6.60. The number of carbonyl (C=O) groups excluding carboxylic acids is 2. The summed E-state index contributed by atoms with van der Waals surface area (Å²) in [5, 5.41) is 5.75. The molecule has 0 saturated carbocycles. The minimum absolute atomic E-state index is 0.0192. The van der Waals surface area contributed by atoms with Gasteiger partial charge in [-0.15, -0.1) is 0 Å². The van der Waals surface area contributed by atoms with Crippen molar-refractivity contribution in [3.05, 3.63) is 29.6 Å². The maximum Gasteiger partial charge on any atom is 0.315 e. The van der Waals surface area contributed by atoms with Gasteiger partial charge >= 0.3 is 6.03 Å². The van der Waals surface area contributed by atoms with Gasteiger partial charge in [-0.2, -0.15) is 0 Å². The number of nitrogens with zero attached hydrogens (tertiary/aromatic N) is 2. The highest BCUT2D eigenvalue weighted by Crippen LogP contribution is 2.13. The van der Waals surface area contributed by atoms with Crippen LogP contribution in [0.1, 0.15) is 42.7 Å². The van der Waals surface area contributed by atoms with Crippen LogP contribution in [0.4, 0.5) is 4.79 Å². The van der Waals surface area contributed by atoms with E-state index in [-0.39, 0.29) is 24.1 Å². The lowest BCUT2D eigenvalue weighted by atomic mass is 10.2. The molecule has 0 bridgehead atoms. The van der Waals surface area contributed by atoms with E-state index in [0.717, 1.165) is 18.5 Å². The molecule has 0 radical (unpaired) electrons. The molecule has 1 aliphatic rings. The summed E-state index contributed by atoms with van der Waals surface area (Å²) in [6.45, 7) is 8.23. The van der Waals surface area contributed by atoms with Crippen molar-refractivity contribution in [3.8, 4) is 0 Å². The van der Waals surface area contributed by atoms with E-state index < -0.39 is 0 Å². The van der Waals surface area contributed by atoms with Crippen LogP contribution >= 0.6 is 0 Å². The number of pyridine rings is 1. The molecule has 25 heavy (non-hydrogen) atoms. The fourth-order valence-corrected chi connectivity index (χ4v) is 2.67. The number of hydrogen-bond acceptors (Lipinski definition) is 4. The van der Waals surface area contributed by atoms with Crippen molar-refractivity contribution in [3.63, 3.8) is 0 Å². The fourth-order valence-electron chi connectivity index (χ4n) is 2.67. The van der Waals surface area contributed by atoms with Crippen LogP contribution in [0.2, 0.25) is 0 Å². The molecule has 2 rings (SSSR count). The molecule has 0 spiro atoms. The maximum absolute atomic E-state index is 12.4. The summed E-state index contributed by atoms with van der Waals surface area (Å²) in [5.41, 5.74) is 1.47. The van der Waals surface area contributed by atoms with E-state index in [1.807, 2.05) is 26.8 Å². The van der Waals surface area contributed by atoms with Gasteiger partial charge in [-0.25, -0.2) is 4.79 Å². The molecule has 1 saturated heterocycles. The number of aryl methyl sites for hydroxylation is 1. The smallest absolute Gasteiger partial charge is 0.315 e. The van der Waals surface area contributed by atoms with E-state index in [2.05, 4.69) is 15.6 Å². The zero-order valence-electron chi connectivity index (χ0n) is 15.2. The highest BCUT2D eigenvalue weighted by molar-refractivity contribution is 5.94. The zero-order valence-corrected chi connectivity index (χ0v) is 15.2. The first-order valence-electron chi connectivity index (χ1n) is 8.83. The molecule has 138 valence electrons. The molecule has 7 nitrogen and oxygen atoms in total. The summed E-state index contributed by atoms with van der Waals surface area (Å²) in [5.74, 6) is -0.0388. The van der Waals surface area contributed by atoms with Crippen molar-refractivity contribution < 1.29 is 14.3 Å². The summed E-state index contributed by atoms with van der Waals surface area (Å²) in [7, 11) is 0. The number of likely N-dealkylation sites (tertiary alicyclic amines) is 1. The first-order valence-corrected chi connectivity index (χ1v) is 8.83. The maximum atomic E-state index is 12.4. The van der Waals surface area contributed by atoms with Gasteiger partial charge in [-0.1, -0.05) is 0 Å². The number of nitrogens with one attached hydrogen (secondary N) is 2. The second-order valence-electron chi connectivity index (χ2n) is 6.60. The zero-order chi connectivity index (χ0) is 18.2. The van der Waals surface area contributed by atoms with Crippen LogP contribution in [0.5, 0.6) is 0 Å². The Labute approximate surface area is 149 Å². The van der Waals surface area contributed by atoms with E-state index in [0.29, 0.717) is 31.8 Å². The van der Waals surface area contributed by atoms with Crippen LogP contribution in [0.15, 0.2) is 18.3 Å². The number of hydrogen-bond donors (Lipinski definition) is 2. The first kappa shape index (κ1) is 19.2. The number of rotatable bonds is 7. The molecule has 1 fully saturated rings. The molecule has 0 aliphatic carbocycles. The molecule has 1 atom stereocenters. The van der Waals surface area contributed by atoms with Gasteiger partial charge in [0.15, 0.2) is 0 Å². The van der Waals surface area contributed by atoms with E-state index in [1.165, 1.54) is 0 Å². The minimum Gasteiger partial charge on any atom is -0.379 e. The van der Waals surface area contributed by atoms with Crippen LogP contribution in [-0.2, 0) is 4.74 Å². The summed E-state index contributed by atoms with van der Waals surface area (Å²) in [6, 6.07) is 3.41. The van der Waals surface area contributed by atoms with E-state index in [4.69, 9.17) is 4.74 Å². The molecule has 0 unspecified atom stereocenters. The van der Waals surface area contributed by atoms with Crippen molar-refractivity contribution in [2.75, 3.05) is 26.2 Å². The number of carbonyl (C=O) groups is 2. The summed E-state index contributed by atoms with van der Waals surface area (Å²) >= 11 is 0. The monoisotopic (exact) mass is 348 g/mol. The van der Waals surface area contributed by atoms with Crippen LogP contribution < -0.4 is 10.6 Å². The van der Waals surface area contributed by atoms with Crippen LogP contribution in [0.25, 0.3) is 0 Å². The van der Waals surface area contributed by atoms with E-state index in [9.17, 15) is 9.59 Å². The lowest BCUT2D eigenvalue weighted by Gasteiger charge is -2.17. The molecular formula is C18H28N4O3. The Morgan fingerprint density at radius 2 is 2.20 bits per heavy atom. The quantitative estimate of drug-likeness (QED) is 0.735. The average molecular weight is 348 g/mol. The number of ether oxygens (including phenoxy) is 1. The summed E-state index contributed by atoms with van der Waals surface area (Å²) in [4.78, 5) is 30.3. The molecule has 1 aromatic heterocycles. The van der Waals surface area contributed by atoms with Crippen molar-refractivity contribution >= 4 is 11.9 Å². The number of amides is 3. The van der Waals surface area contributed by atoms with Crippen LogP contribution in [0.3, 0.4) is 0 Å². The molecule has 2 N–H and O–H groups in total. The third-order valence-corrected chi connectivity index (χ3v) is 4.03. The lowest BCUT2D eigenvalue weighted by Crippen LogP contribution is -2.44. The molecule has 2 heterocycles. The van der Waals surface area contributed by atoms with E-state index in [1.54, 1.807) is 17.2 Å². The third kappa shape index (κ3) is 6.34. The Morgan fingerprint density at radius 1 is 1.40 bits per heavy atom. The molecular weight excluding hydrogens is 320 g/mol. The molecule has 3 amide bonds. The predicted molar refractivity (Wildman–Crippen MR) is 95.5 cm³/mol. The van der Waals surface area contributed by atoms with Gasteiger partial charge in [0.1, 0.15) is 0 Å². The van der Waals surface area contributed by atoms with Gasteiger partial charge in [0.25, 0.3) is 5.91 Å². The Balaban J connectivity index is 1.69. The predicted octanol–water partition coefficient (Wildman–Crippen LogP) is 1.72. The first-order chi connectivity index (χ1) is 12.0. The van der Waals surface area contributed by atoms with Gasteiger partial charge in [0.2, 0.25) is 0 Å². The Kier molecular flexibility index (Phi) is 7.18. The van der Waals surface area contributed by atoms with Crippen LogP contribution in [0, 0.1) is 6.92 Å². The standard InChI is InChI=1S/C18H28N4O3/c1-13(2)25-10-4-8-19-18(24)21-16-7-9-22(12-16)17(23)15-6-5-14(3)20-11-15/h5-6,11,13,16H,4,7-10,12H2,1-3H3,(H2,19,21,24)/t16-/m1/s1. The Morgan fingerprint density at radius 3 is 2.88 bits per heavy atom. The number of aromatic nitrogens is 1. The molecule has 7 heteroatoms. The van der Waals surface area contributed by atoms with Gasteiger partial charge in [-0.3, -0.25) is 9.78 Å². The van der Waals surface area contributed by atoms with Crippen molar-refractivity contribution in [1.29, 1.82) is 0 Å². The Hall–Kier alpha value is -2.15. The normalized spacial score (nSPS) is 17.0. The minimum atomic E-state index is -0.194. The molecule has 1 aliphatic heterocycles. The van der Waals surface area contributed by atoms with Gasteiger partial charge < -0.3 is 20.3 Å². The van der Waals surface area contributed by atoms with Crippen molar-refractivity contribution in [2.45, 2.75) is 45.8 Å². The summed E-state index contributed by atoms with van der Waals surface area (Å²) < 4.78 is 5.43. The topological polar surface area (TPSA) is 83.6 Å². The SMILES string of the molecule is Cc1ccc(C(=O)N2CC[C@@H](NC(=O)NCCCOC(C)C)C2)cn1. The molecule has 0 aromatic carbocycles. The summed E-state index contributed by atoms with van der Waals surface area (Å²) in [6.07, 6.45) is 3.35. The Bertz CT molecular complexity index is 574. The third-order valence-electron chi connectivity index (χ3n) is 4.03. The van der Waals surface area contributed by atoms with Gasteiger partial charge in [-0.05, 0) is 45.7 Å². The van der Waals surface area contributed by atoms with Crippen LogP contribution in [-0.4, -0.2) is 60.2 Å². The highest BCUT2D eigenvalue weighted by atomic mass is 16.5. The highest BCUT2D eigenvalue weighted by Gasteiger charge is 2.28.